The van der Waals surface area contributed by atoms with Gasteiger partial charge in [-0.15, -0.1) is 0 Å². The predicted molar refractivity (Wildman–Crippen MR) is 65.9 cm³/mol. The van der Waals surface area contributed by atoms with Crippen molar-refractivity contribution >= 4 is 0 Å². The predicted octanol–water partition coefficient (Wildman–Crippen LogP) is 2.04. The lowest BCUT2D eigenvalue weighted by molar-refractivity contribution is 0.152. The average Bonchev–Trinajstić information content (AvgIpc) is 2.27. The van der Waals surface area contributed by atoms with Crippen molar-refractivity contribution in [1.82, 2.24) is 4.90 Å². The molecule has 16 heavy (non-hydrogen) atoms. The minimum atomic E-state index is -0.184. The number of nitrogens with zero attached hydrogens (tertiary/aromatic N) is 1. The molecule has 1 aromatic rings. The second-order valence-electron chi connectivity index (χ2n) is 4.52. The Hall–Kier alpha value is -0.930. The van der Waals surface area contributed by atoms with Crippen molar-refractivity contribution in [2.45, 2.75) is 25.8 Å². The molecule has 0 bridgehead atoms. The molecule has 1 unspecified atom stereocenters. The SMILES string of the molecule is CCN(C)C(C)(CN)Cc1cccc(F)c1. The van der Waals surface area contributed by atoms with Crippen LogP contribution in [0, 0.1) is 5.82 Å². The maximum atomic E-state index is 13.1. The van der Waals surface area contributed by atoms with Crippen LogP contribution in [0.25, 0.3) is 0 Å². The average molecular weight is 224 g/mol. The third-order valence-corrected chi connectivity index (χ3v) is 3.31. The number of hydrogen-bond acceptors (Lipinski definition) is 2. The fourth-order valence-electron chi connectivity index (χ4n) is 1.83. The summed E-state index contributed by atoms with van der Waals surface area (Å²) in [7, 11) is 2.05. The molecular formula is C13H21FN2. The van der Waals surface area contributed by atoms with Gasteiger partial charge in [-0.05, 0) is 44.6 Å². The molecule has 0 aromatic heterocycles. The second-order valence-corrected chi connectivity index (χ2v) is 4.52. The Balaban J connectivity index is 2.84. The number of rotatable bonds is 5. The molecule has 1 aromatic carbocycles. The standard InChI is InChI=1S/C13H21FN2/c1-4-16(3)13(2,10-15)9-11-6-5-7-12(14)8-11/h5-8H,4,9-10,15H2,1-3H3. The summed E-state index contributed by atoms with van der Waals surface area (Å²) in [6.07, 6.45) is 0.769. The van der Waals surface area contributed by atoms with Crippen LogP contribution in [-0.4, -0.2) is 30.6 Å². The van der Waals surface area contributed by atoms with Crippen molar-refractivity contribution in [3.63, 3.8) is 0 Å². The molecule has 1 rings (SSSR count). The smallest absolute Gasteiger partial charge is 0.123 e. The van der Waals surface area contributed by atoms with Gasteiger partial charge in [-0.25, -0.2) is 4.39 Å². The normalized spacial score (nSPS) is 15.1. The Morgan fingerprint density at radius 3 is 2.62 bits per heavy atom. The molecule has 0 aliphatic carbocycles. The molecule has 0 aliphatic heterocycles. The third kappa shape index (κ3) is 3.03. The van der Waals surface area contributed by atoms with Crippen molar-refractivity contribution in [3.05, 3.63) is 35.6 Å². The van der Waals surface area contributed by atoms with E-state index in [1.165, 1.54) is 6.07 Å². The van der Waals surface area contributed by atoms with E-state index in [9.17, 15) is 4.39 Å². The first-order valence-electron chi connectivity index (χ1n) is 5.67. The van der Waals surface area contributed by atoms with Crippen LogP contribution in [0.15, 0.2) is 24.3 Å². The highest BCUT2D eigenvalue weighted by Crippen LogP contribution is 2.18. The number of likely N-dealkylation sites (N-methyl/N-ethyl adjacent to an activating group) is 1. The Bertz CT molecular complexity index is 340. The van der Waals surface area contributed by atoms with Crippen LogP contribution in [0.5, 0.6) is 0 Å². The molecule has 2 N–H and O–H groups in total. The maximum Gasteiger partial charge on any atom is 0.123 e. The fraction of sp³-hybridized carbons (Fsp3) is 0.538. The summed E-state index contributed by atoms with van der Waals surface area (Å²) < 4.78 is 13.1. The van der Waals surface area contributed by atoms with Crippen molar-refractivity contribution in [2.24, 2.45) is 5.73 Å². The first-order valence-corrected chi connectivity index (χ1v) is 5.67. The molecule has 90 valence electrons. The molecule has 0 spiro atoms. The molecule has 0 heterocycles. The largest absolute Gasteiger partial charge is 0.329 e. The molecule has 0 aliphatic rings. The highest BCUT2D eigenvalue weighted by Gasteiger charge is 2.26. The van der Waals surface area contributed by atoms with Gasteiger partial charge in [0.25, 0.3) is 0 Å². The number of benzene rings is 1. The van der Waals surface area contributed by atoms with Gasteiger partial charge in [0.2, 0.25) is 0 Å². The van der Waals surface area contributed by atoms with Gasteiger partial charge in [-0.3, -0.25) is 4.90 Å². The molecule has 0 saturated carbocycles. The second kappa shape index (κ2) is 5.41. The van der Waals surface area contributed by atoms with Crippen molar-refractivity contribution in [3.8, 4) is 0 Å². The van der Waals surface area contributed by atoms with Crippen LogP contribution < -0.4 is 5.73 Å². The molecule has 0 amide bonds. The summed E-state index contributed by atoms with van der Waals surface area (Å²) in [4.78, 5) is 2.21. The highest BCUT2D eigenvalue weighted by atomic mass is 19.1. The molecule has 1 atom stereocenters. The van der Waals surface area contributed by atoms with Crippen LogP contribution in [0.2, 0.25) is 0 Å². The van der Waals surface area contributed by atoms with Crippen LogP contribution in [-0.2, 0) is 6.42 Å². The molecule has 2 nitrogen and oxygen atoms in total. The van der Waals surface area contributed by atoms with E-state index in [1.54, 1.807) is 12.1 Å². The lowest BCUT2D eigenvalue weighted by Crippen LogP contribution is -2.51. The van der Waals surface area contributed by atoms with E-state index in [1.807, 2.05) is 13.1 Å². The molecular weight excluding hydrogens is 203 g/mol. The monoisotopic (exact) mass is 224 g/mol. The van der Waals surface area contributed by atoms with E-state index in [2.05, 4.69) is 18.7 Å². The number of halogens is 1. The summed E-state index contributed by atoms with van der Waals surface area (Å²) in [6, 6.07) is 6.73. The topological polar surface area (TPSA) is 29.3 Å². The quantitative estimate of drug-likeness (QED) is 0.829. The van der Waals surface area contributed by atoms with E-state index in [0.29, 0.717) is 6.54 Å². The van der Waals surface area contributed by atoms with E-state index in [4.69, 9.17) is 5.73 Å². The van der Waals surface area contributed by atoms with Crippen LogP contribution in [0.4, 0.5) is 4.39 Å². The first-order chi connectivity index (χ1) is 7.51. The van der Waals surface area contributed by atoms with Gasteiger partial charge in [0.05, 0.1) is 0 Å². The summed E-state index contributed by atoms with van der Waals surface area (Å²) in [6.45, 7) is 5.71. The zero-order valence-corrected chi connectivity index (χ0v) is 10.3. The maximum absolute atomic E-state index is 13.1. The van der Waals surface area contributed by atoms with Gasteiger partial charge >= 0.3 is 0 Å². The van der Waals surface area contributed by atoms with Crippen LogP contribution >= 0.6 is 0 Å². The summed E-state index contributed by atoms with van der Waals surface area (Å²) in [5.74, 6) is -0.184. The van der Waals surface area contributed by atoms with Gasteiger partial charge in [0, 0.05) is 12.1 Å². The zero-order chi connectivity index (χ0) is 12.2. The number of nitrogens with two attached hydrogens (primary N) is 1. The summed E-state index contributed by atoms with van der Waals surface area (Å²) >= 11 is 0. The van der Waals surface area contributed by atoms with Crippen molar-refractivity contribution in [1.29, 1.82) is 0 Å². The molecule has 0 fully saturated rings. The van der Waals surface area contributed by atoms with Gasteiger partial charge in [-0.1, -0.05) is 19.1 Å². The molecule has 3 heteroatoms. The van der Waals surface area contributed by atoms with Gasteiger partial charge < -0.3 is 5.73 Å². The lowest BCUT2D eigenvalue weighted by atomic mass is 9.91. The number of hydrogen-bond donors (Lipinski definition) is 1. The summed E-state index contributed by atoms with van der Waals surface area (Å²) in [5.41, 5.74) is 6.72. The first kappa shape index (κ1) is 13.1. The Morgan fingerprint density at radius 1 is 1.44 bits per heavy atom. The Labute approximate surface area is 97.3 Å². The van der Waals surface area contributed by atoms with Gasteiger partial charge in [0.15, 0.2) is 0 Å². The van der Waals surface area contributed by atoms with Crippen molar-refractivity contribution in [2.75, 3.05) is 20.1 Å². The fourth-order valence-corrected chi connectivity index (χ4v) is 1.83. The van der Waals surface area contributed by atoms with Crippen LogP contribution in [0.1, 0.15) is 19.4 Å². The highest BCUT2D eigenvalue weighted by molar-refractivity contribution is 5.19. The van der Waals surface area contributed by atoms with Gasteiger partial charge in [-0.2, -0.15) is 0 Å². The third-order valence-electron chi connectivity index (χ3n) is 3.31. The summed E-state index contributed by atoms with van der Waals surface area (Å²) in [5, 5.41) is 0. The Morgan fingerprint density at radius 2 is 2.12 bits per heavy atom. The minimum absolute atomic E-state index is 0.109. The van der Waals surface area contributed by atoms with E-state index in [-0.39, 0.29) is 11.4 Å². The van der Waals surface area contributed by atoms with E-state index < -0.39 is 0 Å². The van der Waals surface area contributed by atoms with Crippen LogP contribution in [0.3, 0.4) is 0 Å². The molecule has 0 saturated heterocycles. The van der Waals surface area contributed by atoms with Gasteiger partial charge in [0.1, 0.15) is 5.82 Å². The minimum Gasteiger partial charge on any atom is -0.329 e. The zero-order valence-electron chi connectivity index (χ0n) is 10.3. The van der Waals surface area contributed by atoms with Crippen molar-refractivity contribution < 1.29 is 4.39 Å². The Kier molecular flexibility index (Phi) is 4.44. The van der Waals surface area contributed by atoms with E-state index >= 15 is 0 Å². The lowest BCUT2D eigenvalue weighted by Gasteiger charge is -2.37. The van der Waals surface area contributed by atoms with E-state index in [0.717, 1.165) is 18.5 Å². The molecule has 0 radical (unpaired) electrons.